The number of nitrogens with two attached hydrogens (primary N) is 1. The minimum atomic E-state index is -0.139. The van der Waals surface area contributed by atoms with E-state index >= 15 is 0 Å². The van der Waals surface area contributed by atoms with Crippen LogP contribution in [0.5, 0.6) is 0 Å². The Labute approximate surface area is 164 Å². The van der Waals surface area contributed by atoms with Crippen LogP contribution in [0.15, 0.2) is 36.5 Å². The number of carbonyl (C=O) groups excluding carboxylic acids is 1. The molecule has 6 rings (SSSR count). The lowest BCUT2D eigenvalue weighted by molar-refractivity contribution is 0.0179. The Balaban J connectivity index is 1.47. The number of amides is 1. The van der Waals surface area contributed by atoms with Gasteiger partial charge in [0.05, 0.1) is 12.7 Å². The Morgan fingerprint density at radius 1 is 1.18 bits per heavy atom. The number of hydrogen-bond acceptors (Lipinski definition) is 6. The lowest BCUT2D eigenvalue weighted by atomic mass is 9.64. The van der Waals surface area contributed by atoms with E-state index in [-0.39, 0.29) is 17.4 Å². The molecule has 0 saturated carbocycles. The van der Waals surface area contributed by atoms with Gasteiger partial charge in [0.25, 0.3) is 5.91 Å². The summed E-state index contributed by atoms with van der Waals surface area (Å²) in [5.74, 6) is 0.271. The van der Waals surface area contributed by atoms with Crippen LogP contribution in [0.3, 0.4) is 0 Å². The Bertz CT molecular complexity index is 835. The van der Waals surface area contributed by atoms with Crippen LogP contribution in [0.4, 0.5) is 0 Å². The van der Waals surface area contributed by atoms with Gasteiger partial charge in [0, 0.05) is 63.2 Å². The van der Waals surface area contributed by atoms with Crippen LogP contribution in [-0.4, -0.2) is 82.6 Å². The molecule has 4 fully saturated rings. The van der Waals surface area contributed by atoms with Gasteiger partial charge in [-0.05, 0) is 5.56 Å². The summed E-state index contributed by atoms with van der Waals surface area (Å²) in [6.45, 7) is 7.29. The van der Waals surface area contributed by atoms with Crippen molar-refractivity contribution in [2.75, 3.05) is 45.8 Å². The standard InChI is InChI=1S/C20H27N7O/c21-6-7-27-12-17(23-24-27)19(28)22-18-15-10-25-8-9-26(11-15)14-20(18,13-25)16-4-2-1-3-5-16/h1-5,12,15,18H,6-11,13-14,21H2,(H,22,28). The molecular weight excluding hydrogens is 354 g/mol. The van der Waals surface area contributed by atoms with Gasteiger partial charge < -0.3 is 20.9 Å². The van der Waals surface area contributed by atoms with Gasteiger partial charge in [-0.3, -0.25) is 9.48 Å². The van der Waals surface area contributed by atoms with Gasteiger partial charge in [0.15, 0.2) is 5.69 Å². The van der Waals surface area contributed by atoms with E-state index in [4.69, 9.17) is 5.73 Å². The van der Waals surface area contributed by atoms with Crippen LogP contribution in [0.25, 0.3) is 0 Å². The van der Waals surface area contributed by atoms with Gasteiger partial charge in [0.2, 0.25) is 0 Å². The van der Waals surface area contributed by atoms with Crippen LogP contribution in [0.2, 0.25) is 0 Å². The first-order valence-electron chi connectivity index (χ1n) is 10.1. The van der Waals surface area contributed by atoms with E-state index in [0.717, 1.165) is 39.3 Å². The number of fused-ring (bicyclic) bond motifs is 1. The molecule has 148 valence electrons. The third-order valence-corrected chi connectivity index (χ3v) is 6.56. The van der Waals surface area contributed by atoms with E-state index in [9.17, 15) is 4.79 Å². The van der Waals surface area contributed by atoms with Gasteiger partial charge >= 0.3 is 0 Å². The van der Waals surface area contributed by atoms with E-state index < -0.39 is 0 Å². The zero-order valence-corrected chi connectivity index (χ0v) is 16.0. The van der Waals surface area contributed by atoms with Crippen molar-refractivity contribution in [3.05, 3.63) is 47.8 Å². The summed E-state index contributed by atoms with van der Waals surface area (Å²) in [5, 5.41) is 11.4. The van der Waals surface area contributed by atoms with Gasteiger partial charge in [-0.25, -0.2) is 0 Å². The number of rotatable bonds is 5. The number of piperidine rings is 2. The molecule has 0 aliphatic carbocycles. The van der Waals surface area contributed by atoms with Crippen molar-refractivity contribution in [1.82, 2.24) is 30.1 Å². The molecule has 28 heavy (non-hydrogen) atoms. The van der Waals surface area contributed by atoms with Crippen molar-refractivity contribution < 1.29 is 4.79 Å². The average Bonchev–Trinajstić information content (AvgIpc) is 3.03. The summed E-state index contributed by atoms with van der Waals surface area (Å²) in [6, 6.07) is 10.8. The minimum absolute atomic E-state index is 0.0904. The number of hydrogen-bond donors (Lipinski definition) is 2. The highest BCUT2D eigenvalue weighted by atomic mass is 16.2. The number of nitrogens with zero attached hydrogens (tertiary/aromatic N) is 5. The molecule has 3 unspecified atom stereocenters. The summed E-state index contributed by atoms with van der Waals surface area (Å²) < 4.78 is 1.63. The SMILES string of the molecule is NCCn1cc(C(=O)NC2C3CN4CCN(C3)CC2(c2ccccc2)C4)nn1. The predicted molar refractivity (Wildman–Crippen MR) is 105 cm³/mol. The molecule has 4 bridgehead atoms. The molecule has 8 nitrogen and oxygen atoms in total. The molecule has 4 saturated heterocycles. The van der Waals surface area contributed by atoms with Gasteiger partial charge in [0.1, 0.15) is 0 Å². The summed E-state index contributed by atoms with van der Waals surface area (Å²) >= 11 is 0. The van der Waals surface area contributed by atoms with E-state index in [0.29, 0.717) is 24.7 Å². The molecule has 2 aromatic rings. The minimum Gasteiger partial charge on any atom is -0.346 e. The molecule has 4 aliphatic rings. The fourth-order valence-corrected chi connectivity index (χ4v) is 5.43. The monoisotopic (exact) mass is 381 g/mol. The number of benzene rings is 1. The van der Waals surface area contributed by atoms with E-state index in [1.54, 1.807) is 10.9 Å². The number of nitrogens with one attached hydrogen (secondary N) is 1. The van der Waals surface area contributed by atoms with Crippen molar-refractivity contribution in [2.45, 2.75) is 18.0 Å². The lowest BCUT2D eigenvalue weighted by Crippen LogP contribution is -2.70. The highest BCUT2D eigenvalue weighted by Crippen LogP contribution is 2.43. The Morgan fingerprint density at radius 2 is 1.89 bits per heavy atom. The Kier molecular flexibility index (Phi) is 4.41. The van der Waals surface area contributed by atoms with Crippen molar-refractivity contribution in [3.8, 4) is 0 Å². The highest BCUT2D eigenvalue weighted by Gasteiger charge is 2.55. The summed E-state index contributed by atoms with van der Waals surface area (Å²) in [4.78, 5) is 18.2. The normalized spacial score (nSPS) is 33.6. The van der Waals surface area contributed by atoms with Gasteiger partial charge in [-0.15, -0.1) is 5.10 Å². The van der Waals surface area contributed by atoms with Gasteiger partial charge in [-0.1, -0.05) is 35.5 Å². The first-order valence-corrected chi connectivity index (χ1v) is 10.1. The maximum Gasteiger partial charge on any atom is 0.273 e. The fraction of sp³-hybridized carbons (Fsp3) is 0.550. The van der Waals surface area contributed by atoms with E-state index in [1.165, 1.54) is 5.56 Å². The molecule has 5 heterocycles. The van der Waals surface area contributed by atoms with Crippen LogP contribution >= 0.6 is 0 Å². The van der Waals surface area contributed by atoms with Crippen LogP contribution in [0.1, 0.15) is 16.1 Å². The topological polar surface area (TPSA) is 92.3 Å². The Hall–Kier alpha value is -2.29. The summed E-state index contributed by atoms with van der Waals surface area (Å²) in [7, 11) is 0. The van der Waals surface area contributed by atoms with Gasteiger partial charge in [-0.2, -0.15) is 0 Å². The second-order valence-corrected chi connectivity index (χ2v) is 8.36. The first kappa shape index (κ1) is 17.8. The number of aromatic nitrogens is 3. The Morgan fingerprint density at radius 3 is 2.57 bits per heavy atom. The van der Waals surface area contributed by atoms with E-state index in [2.05, 4.69) is 55.8 Å². The van der Waals surface area contributed by atoms with Crippen molar-refractivity contribution in [3.63, 3.8) is 0 Å². The largest absolute Gasteiger partial charge is 0.346 e. The van der Waals surface area contributed by atoms with Crippen LogP contribution < -0.4 is 11.1 Å². The van der Waals surface area contributed by atoms with E-state index in [1.807, 2.05) is 0 Å². The third kappa shape index (κ3) is 2.92. The summed E-state index contributed by atoms with van der Waals surface area (Å²) in [5.41, 5.74) is 7.16. The quantitative estimate of drug-likeness (QED) is 0.728. The molecule has 3 atom stereocenters. The van der Waals surface area contributed by atoms with Crippen LogP contribution in [-0.2, 0) is 12.0 Å². The molecule has 3 N–H and O–H groups in total. The molecule has 1 aromatic heterocycles. The second-order valence-electron chi connectivity index (χ2n) is 8.36. The fourth-order valence-electron chi connectivity index (χ4n) is 5.43. The van der Waals surface area contributed by atoms with Crippen LogP contribution in [0, 0.1) is 5.92 Å². The molecule has 1 aromatic carbocycles. The highest BCUT2D eigenvalue weighted by molar-refractivity contribution is 5.92. The lowest BCUT2D eigenvalue weighted by Gasteiger charge is -2.55. The van der Waals surface area contributed by atoms with Crippen molar-refractivity contribution >= 4 is 5.91 Å². The molecule has 8 heteroatoms. The summed E-state index contributed by atoms with van der Waals surface area (Å²) in [6.07, 6.45) is 1.69. The molecule has 0 radical (unpaired) electrons. The molecular formula is C20H27N7O. The predicted octanol–water partition coefficient (Wildman–Crippen LogP) is -0.466. The zero-order valence-electron chi connectivity index (χ0n) is 16.0. The van der Waals surface area contributed by atoms with Crippen molar-refractivity contribution in [2.24, 2.45) is 11.7 Å². The van der Waals surface area contributed by atoms with Crippen molar-refractivity contribution in [1.29, 1.82) is 0 Å². The molecule has 1 amide bonds. The molecule has 4 aliphatic heterocycles. The maximum atomic E-state index is 13.0. The number of carbonyl (C=O) groups is 1. The second kappa shape index (κ2) is 6.95. The molecule has 0 spiro atoms. The zero-order chi connectivity index (χ0) is 19.1. The smallest absolute Gasteiger partial charge is 0.273 e. The first-order chi connectivity index (χ1) is 13.7. The third-order valence-electron chi connectivity index (χ3n) is 6.56. The maximum absolute atomic E-state index is 13.0. The average molecular weight is 381 g/mol.